The number of nitrogens with one attached hydrogen (secondary N) is 2. The zero-order valence-electron chi connectivity index (χ0n) is 19.6. The number of hydrogen-bond acceptors (Lipinski definition) is 4. The highest BCUT2D eigenvalue weighted by Crippen LogP contribution is 2.23. The van der Waals surface area contributed by atoms with E-state index in [1.807, 2.05) is 0 Å². The molecule has 1 aliphatic carbocycles. The number of benzene rings is 1. The van der Waals surface area contributed by atoms with Gasteiger partial charge in [-0.05, 0) is 50.8 Å². The summed E-state index contributed by atoms with van der Waals surface area (Å²) in [6.45, 7) is 7.84. The summed E-state index contributed by atoms with van der Waals surface area (Å²) in [7, 11) is 2.28. The molecule has 0 aromatic heterocycles. The van der Waals surface area contributed by atoms with Crippen molar-refractivity contribution in [1.29, 1.82) is 0 Å². The summed E-state index contributed by atoms with van der Waals surface area (Å²) >= 11 is 0. The van der Waals surface area contributed by atoms with Gasteiger partial charge in [-0.1, -0.05) is 43.5 Å². The minimum Gasteiger partial charge on any atom is -0.379 e. The quantitative estimate of drug-likeness (QED) is 0.318. The van der Waals surface area contributed by atoms with Crippen molar-refractivity contribution >= 4 is 5.96 Å². The molecule has 1 aromatic carbocycles. The van der Waals surface area contributed by atoms with Gasteiger partial charge in [-0.3, -0.25) is 4.90 Å². The van der Waals surface area contributed by atoms with Crippen LogP contribution >= 0.6 is 0 Å². The second-order valence-electron chi connectivity index (χ2n) is 8.81. The van der Waals surface area contributed by atoms with Gasteiger partial charge in [0.05, 0.1) is 19.3 Å². The van der Waals surface area contributed by atoms with Crippen molar-refractivity contribution in [2.24, 2.45) is 4.99 Å². The Morgan fingerprint density at radius 1 is 1.13 bits per heavy atom. The average Bonchev–Trinajstić information content (AvgIpc) is 3.32. The minimum atomic E-state index is 0.283. The highest BCUT2D eigenvalue weighted by atomic mass is 16.5. The van der Waals surface area contributed by atoms with E-state index in [0.29, 0.717) is 6.54 Å². The Kier molecular flexibility index (Phi) is 10.6. The molecule has 1 saturated heterocycles. The van der Waals surface area contributed by atoms with Gasteiger partial charge in [0, 0.05) is 38.9 Å². The predicted molar refractivity (Wildman–Crippen MR) is 127 cm³/mol. The fourth-order valence-electron chi connectivity index (χ4n) is 4.46. The Hall–Kier alpha value is -1.63. The van der Waals surface area contributed by atoms with Gasteiger partial charge in [0.2, 0.25) is 0 Å². The molecule has 0 amide bonds. The lowest BCUT2D eigenvalue weighted by atomic mass is 9.94. The average molecular weight is 431 g/mol. The Labute approximate surface area is 188 Å². The molecular weight excluding hydrogens is 388 g/mol. The third kappa shape index (κ3) is 8.43. The number of nitrogens with zero attached hydrogens (tertiary/aromatic N) is 2. The number of aliphatic imine (C=N–C) groups is 1. The van der Waals surface area contributed by atoms with Gasteiger partial charge in [0.15, 0.2) is 5.96 Å². The van der Waals surface area contributed by atoms with E-state index in [9.17, 15) is 0 Å². The molecule has 1 atom stereocenters. The van der Waals surface area contributed by atoms with Gasteiger partial charge in [-0.2, -0.15) is 0 Å². The summed E-state index contributed by atoms with van der Waals surface area (Å²) in [6.07, 6.45) is 9.08. The lowest BCUT2D eigenvalue weighted by Gasteiger charge is -2.31. The first kappa shape index (κ1) is 24.0. The largest absolute Gasteiger partial charge is 0.379 e. The first-order valence-corrected chi connectivity index (χ1v) is 12.2. The van der Waals surface area contributed by atoms with Crippen molar-refractivity contribution < 1.29 is 9.47 Å². The van der Waals surface area contributed by atoms with E-state index in [1.54, 1.807) is 0 Å². The van der Waals surface area contributed by atoms with Crippen LogP contribution < -0.4 is 10.6 Å². The van der Waals surface area contributed by atoms with Crippen LogP contribution in [0.15, 0.2) is 29.3 Å². The first-order valence-electron chi connectivity index (χ1n) is 12.2. The topological polar surface area (TPSA) is 58.1 Å². The van der Waals surface area contributed by atoms with Crippen LogP contribution in [0.3, 0.4) is 0 Å². The summed E-state index contributed by atoms with van der Waals surface area (Å²) in [5.41, 5.74) is 2.70. The van der Waals surface area contributed by atoms with Crippen LogP contribution in [0.2, 0.25) is 0 Å². The lowest BCUT2D eigenvalue weighted by Crippen LogP contribution is -2.38. The minimum absolute atomic E-state index is 0.283. The zero-order valence-corrected chi connectivity index (χ0v) is 19.6. The summed E-state index contributed by atoms with van der Waals surface area (Å²) in [4.78, 5) is 7.40. The monoisotopic (exact) mass is 430 g/mol. The smallest absolute Gasteiger partial charge is 0.191 e. The van der Waals surface area contributed by atoms with Crippen LogP contribution in [0, 0.1) is 0 Å². The molecule has 1 aliphatic heterocycles. The molecule has 1 heterocycles. The molecule has 0 bridgehead atoms. The maximum Gasteiger partial charge on any atom is 0.191 e. The molecule has 1 saturated carbocycles. The SMILES string of the molecule is CCNC(=NCc1ccccc1CN(C)C1CCCCC1)NCCCOC1CCOC1. The van der Waals surface area contributed by atoms with Gasteiger partial charge in [0.1, 0.15) is 0 Å². The van der Waals surface area contributed by atoms with E-state index in [2.05, 4.69) is 53.8 Å². The van der Waals surface area contributed by atoms with Crippen molar-refractivity contribution in [3.63, 3.8) is 0 Å². The number of rotatable bonds is 11. The molecular formula is C25H42N4O2. The van der Waals surface area contributed by atoms with Crippen molar-refractivity contribution in [2.75, 3.05) is 40.0 Å². The van der Waals surface area contributed by atoms with E-state index >= 15 is 0 Å². The molecule has 0 spiro atoms. The number of hydrogen-bond donors (Lipinski definition) is 2. The van der Waals surface area contributed by atoms with Gasteiger partial charge in [-0.25, -0.2) is 4.99 Å². The van der Waals surface area contributed by atoms with Crippen molar-refractivity contribution in [1.82, 2.24) is 15.5 Å². The molecule has 31 heavy (non-hydrogen) atoms. The Bertz CT molecular complexity index is 655. The zero-order chi connectivity index (χ0) is 21.7. The standard InChI is InChI=1S/C25H42N4O2/c1-3-26-25(27-15-9-16-31-24-14-17-30-20-24)28-18-21-10-7-8-11-22(21)19-29(2)23-12-5-4-6-13-23/h7-8,10-11,23-24H,3-6,9,12-20H2,1-2H3,(H2,26,27,28). The van der Waals surface area contributed by atoms with Crippen LogP contribution in [0.4, 0.5) is 0 Å². The van der Waals surface area contributed by atoms with E-state index in [1.165, 1.54) is 43.2 Å². The highest BCUT2D eigenvalue weighted by Gasteiger charge is 2.19. The molecule has 1 unspecified atom stereocenters. The predicted octanol–water partition coefficient (Wildman–Crippen LogP) is 3.70. The van der Waals surface area contributed by atoms with Crippen molar-refractivity contribution in [2.45, 2.75) is 77.1 Å². The Morgan fingerprint density at radius 3 is 2.68 bits per heavy atom. The molecule has 0 radical (unpaired) electrons. The number of ether oxygens (including phenoxy) is 2. The molecule has 3 rings (SSSR count). The van der Waals surface area contributed by atoms with E-state index in [0.717, 1.165) is 64.3 Å². The van der Waals surface area contributed by atoms with Crippen LogP contribution in [-0.2, 0) is 22.6 Å². The van der Waals surface area contributed by atoms with Gasteiger partial charge in [-0.15, -0.1) is 0 Å². The van der Waals surface area contributed by atoms with Gasteiger partial charge >= 0.3 is 0 Å². The molecule has 2 N–H and O–H groups in total. The summed E-state index contributed by atoms with van der Waals surface area (Å²) in [5, 5.41) is 6.81. The van der Waals surface area contributed by atoms with Crippen molar-refractivity contribution in [3.8, 4) is 0 Å². The number of guanidine groups is 1. The summed E-state index contributed by atoms with van der Waals surface area (Å²) < 4.78 is 11.2. The fourth-order valence-corrected chi connectivity index (χ4v) is 4.46. The van der Waals surface area contributed by atoms with E-state index < -0.39 is 0 Å². The molecule has 6 heteroatoms. The van der Waals surface area contributed by atoms with Crippen molar-refractivity contribution in [3.05, 3.63) is 35.4 Å². The molecule has 2 aliphatic rings. The lowest BCUT2D eigenvalue weighted by molar-refractivity contribution is 0.0420. The Morgan fingerprint density at radius 2 is 1.94 bits per heavy atom. The Balaban J connectivity index is 1.47. The fraction of sp³-hybridized carbons (Fsp3) is 0.720. The van der Waals surface area contributed by atoms with Gasteiger partial charge < -0.3 is 20.1 Å². The summed E-state index contributed by atoms with van der Waals surface area (Å²) in [5.74, 6) is 0.877. The molecule has 174 valence electrons. The third-order valence-electron chi connectivity index (χ3n) is 6.34. The third-order valence-corrected chi connectivity index (χ3v) is 6.34. The second kappa shape index (κ2) is 13.7. The van der Waals surface area contributed by atoms with Crippen LogP contribution in [0.5, 0.6) is 0 Å². The first-order chi connectivity index (χ1) is 15.3. The van der Waals surface area contributed by atoms with Crippen LogP contribution in [0.25, 0.3) is 0 Å². The van der Waals surface area contributed by atoms with Crippen LogP contribution in [0.1, 0.15) is 63.0 Å². The molecule has 6 nitrogen and oxygen atoms in total. The van der Waals surface area contributed by atoms with E-state index in [-0.39, 0.29) is 6.10 Å². The maximum absolute atomic E-state index is 5.85. The molecule has 1 aromatic rings. The highest BCUT2D eigenvalue weighted by molar-refractivity contribution is 5.79. The maximum atomic E-state index is 5.85. The summed E-state index contributed by atoms with van der Waals surface area (Å²) in [6, 6.07) is 9.47. The van der Waals surface area contributed by atoms with Gasteiger partial charge in [0.25, 0.3) is 0 Å². The van der Waals surface area contributed by atoms with Crippen LogP contribution in [-0.4, -0.2) is 63.0 Å². The molecule has 2 fully saturated rings. The normalized spacial score (nSPS) is 20.4. The second-order valence-corrected chi connectivity index (χ2v) is 8.81. The van der Waals surface area contributed by atoms with E-state index in [4.69, 9.17) is 14.5 Å².